The van der Waals surface area contributed by atoms with Gasteiger partial charge in [0.2, 0.25) is 0 Å². The molecule has 1 aliphatic heterocycles. The summed E-state index contributed by atoms with van der Waals surface area (Å²) in [6.07, 6.45) is -3.18. The first-order valence-corrected chi connectivity index (χ1v) is 13.8. The van der Waals surface area contributed by atoms with Crippen molar-refractivity contribution in [3.8, 4) is 17.2 Å². The van der Waals surface area contributed by atoms with Crippen LogP contribution in [0.5, 0.6) is 17.2 Å². The summed E-state index contributed by atoms with van der Waals surface area (Å²) in [7, 11) is 0. The second-order valence-electron chi connectivity index (χ2n) is 7.94. The van der Waals surface area contributed by atoms with E-state index in [1.165, 1.54) is 6.92 Å². The normalized spacial score (nSPS) is 23.5. The Kier molecular flexibility index (Phi) is 9.58. The first kappa shape index (κ1) is 27.3. The second kappa shape index (κ2) is 12.6. The average molecular weight is 706 g/mol. The van der Waals surface area contributed by atoms with Crippen LogP contribution in [0.1, 0.15) is 6.92 Å². The molecule has 1 heterocycles. The van der Waals surface area contributed by atoms with Crippen molar-refractivity contribution < 1.29 is 28.5 Å². The van der Waals surface area contributed by atoms with Crippen LogP contribution in [0, 0.1) is 0 Å². The minimum Gasteiger partial charge on any atom is -0.491 e. The third kappa shape index (κ3) is 7.38. The maximum atomic E-state index is 12.2. The van der Waals surface area contributed by atoms with Gasteiger partial charge in [0.25, 0.3) is 0 Å². The van der Waals surface area contributed by atoms with Gasteiger partial charge in [-0.05, 0) is 72.8 Å². The molecular formula is C26H22Br3ClO6. The van der Waals surface area contributed by atoms with Crippen molar-refractivity contribution in [3.63, 3.8) is 0 Å². The van der Waals surface area contributed by atoms with Crippen LogP contribution in [0.2, 0.25) is 0 Å². The Morgan fingerprint density at radius 2 is 1.19 bits per heavy atom. The number of carbonyl (C=O) groups excluding carboxylic acids is 1. The molecule has 6 nitrogen and oxygen atoms in total. The molecule has 0 aromatic heterocycles. The van der Waals surface area contributed by atoms with E-state index in [-0.39, 0.29) is 6.61 Å². The zero-order chi connectivity index (χ0) is 25.7. The molecule has 4 rings (SSSR count). The molecule has 190 valence electrons. The van der Waals surface area contributed by atoms with Gasteiger partial charge >= 0.3 is 5.97 Å². The zero-order valence-corrected chi connectivity index (χ0v) is 24.5. The summed E-state index contributed by atoms with van der Waals surface area (Å²) in [5, 5.41) is 0. The minimum absolute atomic E-state index is 0.106. The van der Waals surface area contributed by atoms with Crippen LogP contribution in [0.4, 0.5) is 0 Å². The molecule has 0 amide bonds. The summed E-state index contributed by atoms with van der Waals surface area (Å²) in [6, 6.07) is 22.0. The first-order chi connectivity index (χ1) is 17.3. The van der Waals surface area contributed by atoms with Gasteiger partial charge in [-0.3, -0.25) is 4.79 Å². The van der Waals surface area contributed by atoms with Crippen LogP contribution in [-0.4, -0.2) is 42.6 Å². The smallest absolute Gasteiger partial charge is 0.303 e. The third-order valence-corrected chi connectivity index (χ3v) is 7.22. The molecule has 3 aromatic carbocycles. The lowest BCUT2D eigenvalue weighted by atomic mass is 9.99. The van der Waals surface area contributed by atoms with Crippen LogP contribution in [0.15, 0.2) is 86.2 Å². The van der Waals surface area contributed by atoms with Crippen LogP contribution in [-0.2, 0) is 14.3 Å². The molecule has 5 atom stereocenters. The number of halogens is 4. The maximum absolute atomic E-state index is 12.2. The first-order valence-electron chi connectivity index (χ1n) is 11.0. The fourth-order valence-electron chi connectivity index (χ4n) is 3.64. The summed E-state index contributed by atoms with van der Waals surface area (Å²) < 4.78 is 33.1. The molecule has 36 heavy (non-hydrogen) atoms. The van der Waals surface area contributed by atoms with E-state index >= 15 is 0 Å². The number of rotatable bonds is 8. The molecular weight excluding hydrogens is 683 g/mol. The van der Waals surface area contributed by atoms with Gasteiger partial charge in [0, 0.05) is 20.3 Å². The highest BCUT2D eigenvalue weighted by Gasteiger charge is 2.51. The lowest BCUT2D eigenvalue weighted by molar-refractivity contribution is -0.208. The zero-order valence-electron chi connectivity index (χ0n) is 19.0. The van der Waals surface area contributed by atoms with E-state index in [4.69, 9.17) is 35.3 Å². The Bertz CT molecular complexity index is 1140. The van der Waals surface area contributed by atoms with Crippen molar-refractivity contribution in [2.45, 2.75) is 36.9 Å². The quantitative estimate of drug-likeness (QED) is 0.184. The summed E-state index contributed by atoms with van der Waals surface area (Å²) in [6.45, 7) is 1.44. The Morgan fingerprint density at radius 3 is 1.67 bits per heavy atom. The van der Waals surface area contributed by atoms with Crippen molar-refractivity contribution in [3.05, 3.63) is 86.2 Å². The molecule has 0 spiro atoms. The Hall–Kier alpha value is -1.78. The lowest BCUT2D eigenvalue weighted by Gasteiger charge is -2.43. The molecule has 1 aliphatic rings. The third-order valence-electron chi connectivity index (χ3n) is 5.28. The molecule has 0 unspecified atom stereocenters. The van der Waals surface area contributed by atoms with E-state index in [2.05, 4.69) is 47.8 Å². The standard InChI is InChI=1S/C26H22Br3ClO6/c1-15(31)33-24-23(34-20-10-4-17(28)5-11-20)22(14-32-19-8-2-16(27)3-9-19)36-26(30)25(24)35-21-12-6-18(29)7-13-21/h2-13,22-26H,14H2,1H3/t22-,23-,24+,25-,26+/m1/s1. The molecule has 10 heteroatoms. The van der Waals surface area contributed by atoms with Crippen LogP contribution in [0.25, 0.3) is 0 Å². The molecule has 1 saturated heterocycles. The SMILES string of the molecule is CC(=O)O[C@@H]1[C@@H](Oc2ccc(Br)cc2)[C@@H](Cl)O[C@H](COc2ccc(Br)cc2)[C@H]1Oc1ccc(Br)cc1. The van der Waals surface area contributed by atoms with Crippen LogP contribution < -0.4 is 14.2 Å². The van der Waals surface area contributed by atoms with Crippen molar-refractivity contribution in [1.29, 1.82) is 0 Å². The predicted octanol–water partition coefficient (Wildman–Crippen LogP) is 7.14. The monoisotopic (exact) mass is 702 g/mol. The fraction of sp³-hybridized carbons (Fsp3) is 0.269. The molecule has 0 radical (unpaired) electrons. The number of alkyl halides is 1. The van der Waals surface area contributed by atoms with Gasteiger partial charge < -0.3 is 23.7 Å². The summed E-state index contributed by atoms with van der Waals surface area (Å²) in [4.78, 5) is 12.2. The van der Waals surface area contributed by atoms with Gasteiger partial charge in [0.1, 0.15) is 30.0 Å². The number of ether oxygens (including phenoxy) is 5. The summed E-state index contributed by atoms with van der Waals surface area (Å²) in [5.74, 6) is 1.26. The number of hydrogen-bond donors (Lipinski definition) is 0. The van der Waals surface area contributed by atoms with Crippen LogP contribution >= 0.6 is 59.4 Å². The Balaban J connectivity index is 1.62. The molecule has 0 N–H and O–H groups in total. The van der Waals surface area contributed by atoms with Crippen molar-refractivity contribution in [2.24, 2.45) is 0 Å². The minimum atomic E-state index is -0.943. The van der Waals surface area contributed by atoms with Crippen molar-refractivity contribution in [1.82, 2.24) is 0 Å². The summed E-state index contributed by atoms with van der Waals surface area (Å²) in [5.41, 5.74) is -0.943. The van der Waals surface area contributed by atoms with E-state index in [9.17, 15) is 4.79 Å². The van der Waals surface area contributed by atoms with E-state index in [1.807, 2.05) is 48.5 Å². The average Bonchev–Trinajstić information content (AvgIpc) is 2.85. The predicted molar refractivity (Wildman–Crippen MR) is 147 cm³/mol. The molecule has 0 bridgehead atoms. The number of carbonyl (C=O) groups is 1. The van der Waals surface area contributed by atoms with E-state index in [0.29, 0.717) is 17.2 Å². The fourth-order valence-corrected chi connectivity index (χ4v) is 4.76. The highest BCUT2D eigenvalue weighted by atomic mass is 79.9. The number of esters is 1. The topological polar surface area (TPSA) is 63.2 Å². The van der Waals surface area contributed by atoms with Gasteiger partial charge in [-0.15, -0.1) is 0 Å². The number of benzene rings is 3. The van der Waals surface area contributed by atoms with Gasteiger partial charge in [-0.2, -0.15) is 0 Å². The highest BCUT2D eigenvalue weighted by molar-refractivity contribution is 9.11. The van der Waals surface area contributed by atoms with Gasteiger partial charge in [0.05, 0.1) is 0 Å². The molecule has 0 saturated carbocycles. The highest BCUT2D eigenvalue weighted by Crippen LogP contribution is 2.33. The van der Waals surface area contributed by atoms with Crippen molar-refractivity contribution >= 4 is 65.4 Å². The molecule has 1 fully saturated rings. The summed E-state index contributed by atoms with van der Waals surface area (Å²) >= 11 is 16.9. The van der Waals surface area contributed by atoms with Crippen molar-refractivity contribution in [2.75, 3.05) is 6.61 Å². The number of hydrogen-bond acceptors (Lipinski definition) is 6. The Labute approximate surface area is 239 Å². The largest absolute Gasteiger partial charge is 0.491 e. The van der Waals surface area contributed by atoms with E-state index in [1.54, 1.807) is 24.3 Å². The lowest BCUT2D eigenvalue weighted by Crippen LogP contribution is -2.62. The molecule has 3 aromatic rings. The second-order valence-corrected chi connectivity index (χ2v) is 11.1. The molecule has 0 aliphatic carbocycles. The van der Waals surface area contributed by atoms with Gasteiger partial charge in [0.15, 0.2) is 23.9 Å². The Morgan fingerprint density at radius 1 is 0.750 bits per heavy atom. The maximum Gasteiger partial charge on any atom is 0.303 e. The van der Waals surface area contributed by atoms with Crippen LogP contribution in [0.3, 0.4) is 0 Å². The van der Waals surface area contributed by atoms with Gasteiger partial charge in [-0.25, -0.2) is 0 Å². The van der Waals surface area contributed by atoms with E-state index < -0.39 is 35.9 Å². The van der Waals surface area contributed by atoms with E-state index in [0.717, 1.165) is 13.4 Å². The van der Waals surface area contributed by atoms with Gasteiger partial charge in [-0.1, -0.05) is 59.4 Å².